The molecule has 5 heteroatoms. The van der Waals surface area contributed by atoms with E-state index in [1.54, 1.807) is 34.1 Å². The molecule has 17 heavy (non-hydrogen) atoms. The lowest BCUT2D eigenvalue weighted by atomic mass is 10.1. The summed E-state index contributed by atoms with van der Waals surface area (Å²) < 4.78 is 11.3. The van der Waals surface area contributed by atoms with Crippen molar-refractivity contribution in [3.8, 4) is 11.5 Å². The molecule has 1 aromatic heterocycles. The summed E-state index contributed by atoms with van der Waals surface area (Å²) in [5, 5.41) is 12.5. The highest BCUT2D eigenvalue weighted by atomic mass is 16.5. The van der Waals surface area contributed by atoms with Gasteiger partial charge in [0.1, 0.15) is 11.1 Å². The Morgan fingerprint density at radius 3 is 2.47 bits per heavy atom. The van der Waals surface area contributed by atoms with Crippen molar-refractivity contribution in [2.75, 3.05) is 14.2 Å². The van der Waals surface area contributed by atoms with Gasteiger partial charge in [0.2, 0.25) is 0 Å². The van der Waals surface area contributed by atoms with Crippen LogP contribution in [0.4, 0.5) is 0 Å². The Morgan fingerprint density at radius 1 is 1.18 bits per heavy atom. The smallest absolute Gasteiger partial charge is 0.299 e. The Hall–Kier alpha value is -2.04. The summed E-state index contributed by atoms with van der Waals surface area (Å²) in [5.74, 6) is 1.55. The zero-order valence-electron chi connectivity index (χ0n) is 10.3. The molecule has 0 fully saturated rings. The van der Waals surface area contributed by atoms with Crippen LogP contribution in [0.15, 0.2) is 12.1 Å². The highest BCUT2D eigenvalue weighted by molar-refractivity contribution is 5.89. The molecule has 0 radical (unpaired) electrons. The maximum Gasteiger partial charge on any atom is 0.299 e. The molecule has 1 heterocycles. The molecule has 0 unspecified atom stereocenters. The van der Waals surface area contributed by atoms with E-state index in [0.717, 1.165) is 10.2 Å². The van der Waals surface area contributed by atoms with Crippen molar-refractivity contribution in [3.05, 3.63) is 28.9 Å². The summed E-state index contributed by atoms with van der Waals surface area (Å²) in [5.41, 5.74) is 1.29. The molecule has 0 spiro atoms. The van der Waals surface area contributed by atoms with E-state index in [-0.39, 0.29) is 0 Å². The molecule has 2 aromatic rings. The number of methoxy groups -OCH3 is 2. The maximum absolute atomic E-state index is 11.8. The van der Waals surface area contributed by atoms with Gasteiger partial charge in [-0.25, -0.2) is 4.73 Å². The molecule has 1 aromatic carbocycles. The zero-order valence-corrected chi connectivity index (χ0v) is 10.3. The number of aromatic nitrogens is 2. The number of fused-ring (bicyclic) bond motifs is 1. The maximum atomic E-state index is 11.8. The molecular formula is C12H14N2O3. The molecule has 5 nitrogen and oxygen atoms in total. The van der Waals surface area contributed by atoms with Crippen LogP contribution in [0.5, 0.6) is 11.5 Å². The SMILES string of the molecule is COc1ccc2nc(C)[n+]([O-])c(C)c2c1OC. The quantitative estimate of drug-likeness (QED) is 0.583. The zero-order chi connectivity index (χ0) is 12.6. The monoisotopic (exact) mass is 234 g/mol. The molecule has 0 amide bonds. The van der Waals surface area contributed by atoms with Gasteiger partial charge in [0, 0.05) is 6.92 Å². The number of benzene rings is 1. The first-order valence-electron chi connectivity index (χ1n) is 5.21. The summed E-state index contributed by atoms with van der Waals surface area (Å²) in [6.07, 6.45) is 0. The number of hydrogen-bond acceptors (Lipinski definition) is 4. The topological polar surface area (TPSA) is 58.3 Å². The summed E-state index contributed by atoms with van der Waals surface area (Å²) in [7, 11) is 3.11. The van der Waals surface area contributed by atoms with Crippen molar-refractivity contribution >= 4 is 10.9 Å². The Balaban J connectivity index is 2.92. The van der Waals surface area contributed by atoms with E-state index in [1.807, 2.05) is 6.07 Å². The Morgan fingerprint density at radius 2 is 1.88 bits per heavy atom. The molecule has 90 valence electrons. The minimum Gasteiger partial charge on any atom is -0.711 e. The van der Waals surface area contributed by atoms with E-state index < -0.39 is 0 Å². The minimum atomic E-state index is 0.419. The van der Waals surface area contributed by atoms with Crippen molar-refractivity contribution in [2.24, 2.45) is 0 Å². The first-order chi connectivity index (χ1) is 8.10. The molecular weight excluding hydrogens is 220 g/mol. The van der Waals surface area contributed by atoms with Gasteiger partial charge < -0.3 is 14.7 Å². The lowest BCUT2D eigenvalue weighted by molar-refractivity contribution is -0.620. The van der Waals surface area contributed by atoms with Gasteiger partial charge in [-0.3, -0.25) is 0 Å². The molecule has 0 aliphatic heterocycles. The predicted octanol–water partition coefficient (Wildman–Crippen LogP) is 1.50. The van der Waals surface area contributed by atoms with E-state index in [0.29, 0.717) is 28.4 Å². The van der Waals surface area contributed by atoms with Crippen LogP contribution in [0.25, 0.3) is 10.9 Å². The van der Waals surface area contributed by atoms with Crippen molar-refractivity contribution in [2.45, 2.75) is 13.8 Å². The number of nitrogens with zero attached hydrogens (tertiary/aromatic N) is 2. The van der Waals surface area contributed by atoms with Crippen LogP contribution in [0.1, 0.15) is 11.5 Å². The van der Waals surface area contributed by atoms with E-state index in [9.17, 15) is 5.21 Å². The van der Waals surface area contributed by atoms with Gasteiger partial charge in [-0.05, 0) is 24.0 Å². The third kappa shape index (κ3) is 1.63. The highest BCUT2D eigenvalue weighted by Crippen LogP contribution is 2.35. The van der Waals surface area contributed by atoms with Gasteiger partial charge >= 0.3 is 0 Å². The molecule has 0 aliphatic carbocycles. The van der Waals surface area contributed by atoms with Crippen LogP contribution >= 0.6 is 0 Å². The van der Waals surface area contributed by atoms with Crippen LogP contribution in [-0.4, -0.2) is 19.2 Å². The fourth-order valence-corrected chi connectivity index (χ4v) is 1.92. The second kappa shape index (κ2) is 4.08. The summed E-state index contributed by atoms with van der Waals surface area (Å²) in [6, 6.07) is 3.60. The van der Waals surface area contributed by atoms with Gasteiger partial charge in [0.05, 0.1) is 14.2 Å². The first kappa shape index (κ1) is 11.4. The molecule has 0 saturated heterocycles. The molecule has 0 bridgehead atoms. The van der Waals surface area contributed by atoms with E-state index in [2.05, 4.69) is 4.98 Å². The normalized spacial score (nSPS) is 10.6. The van der Waals surface area contributed by atoms with E-state index in [1.165, 1.54) is 0 Å². The van der Waals surface area contributed by atoms with E-state index in [4.69, 9.17) is 9.47 Å². The molecule has 0 N–H and O–H groups in total. The minimum absolute atomic E-state index is 0.419. The molecule has 0 aliphatic rings. The number of aryl methyl sites for hydroxylation is 2. The Bertz CT molecular complexity index is 582. The summed E-state index contributed by atoms with van der Waals surface area (Å²) in [4.78, 5) is 4.23. The van der Waals surface area contributed by atoms with Crippen LogP contribution in [0, 0.1) is 19.1 Å². The van der Waals surface area contributed by atoms with Gasteiger partial charge in [0.25, 0.3) is 5.82 Å². The van der Waals surface area contributed by atoms with Crippen molar-refractivity contribution in [1.29, 1.82) is 0 Å². The third-order valence-electron chi connectivity index (χ3n) is 2.77. The average molecular weight is 234 g/mol. The lowest BCUT2D eigenvalue weighted by Crippen LogP contribution is -2.35. The molecule has 2 rings (SSSR count). The van der Waals surface area contributed by atoms with Crippen molar-refractivity contribution in [1.82, 2.24) is 4.98 Å². The first-order valence-corrected chi connectivity index (χ1v) is 5.21. The number of hydrogen-bond donors (Lipinski definition) is 0. The number of ether oxygens (including phenoxy) is 2. The van der Waals surface area contributed by atoms with Gasteiger partial charge in [-0.15, -0.1) is 0 Å². The second-order valence-electron chi connectivity index (χ2n) is 3.73. The average Bonchev–Trinajstić information content (AvgIpc) is 2.34. The van der Waals surface area contributed by atoms with E-state index >= 15 is 0 Å². The molecule has 0 saturated carbocycles. The van der Waals surface area contributed by atoms with Crippen LogP contribution in [0.3, 0.4) is 0 Å². The van der Waals surface area contributed by atoms with Crippen LogP contribution in [-0.2, 0) is 0 Å². The number of rotatable bonds is 2. The van der Waals surface area contributed by atoms with Gasteiger partial charge in [-0.1, -0.05) is 0 Å². The fraction of sp³-hybridized carbons (Fsp3) is 0.333. The highest BCUT2D eigenvalue weighted by Gasteiger charge is 2.19. The summed E-state index contributed by atoms with van der Waals surface area (Å²) >= 11 is 0. The third-order valence-corrected chi connectivity index (χ3v) is 2.77. The Labute approximate surface area is 99.2 Å². The van der Waals surface area contributed by atoms with Crippen molar-refractivity contribution < 1.29 is 14.2 Å². The van der Waals surface area contributed by atoms with Crippen LogP contribution in [0.2, 0.25) is 0 Å². The predicted molar refractivity (Wildman–Crippen MR) is 63.3 cm³/mol. The largest absolute Gasteiger partial charge is 0.711 e. The van der Waals surface area contributed by atoms with Crippen LogP contribution < -0.4 is 14.2 Å². The Kier molecular flexibility index (Phi) is 2.75. The standard InChI is InChI=1S/C12H14N2O3/c1-7-11-9(13-8(2)14(7)15)5-6-10(16-3)12(11)17-4/h5-6H,1-4H3. The molecule has 0 atom stereocenters. The van der Waals surface area contributed by atoms with Crippen molar-refractivity contribution in [3.63, 3.8) is 0 Å². The van der Waals surface area contributed by atoms with Gasteiger partial charge in [-0.2, -0.15) is 0 Å². The lowest BCUT2D eigenvalue weighted by Gasteiger charge is -2.13. The van der Waals surface area contributed by atoms with Gasteiger partial charge in [0.15, 0.2) is 17.0 Å². The second-order valence-corrected chi connectivity index (χ2v) is 3.73. The summed E-state index contributed by atoms with van der Waals surface area (Å²) in [6.45, 7) is 3.42. The fourth-order valence-electron chi connectivity index (χ4n) is 1.92.